The molecule has 2 rings (SSSR count). The van der Waals surface area contributed by atoms with Crippen molar-refractivity contribution in [2.45, 2.75) is 13.0 Å². The molecular weight excluding hydrogens is 272 g/mol. The van der Waals surface area contributed by atoms with Gasteiger partial charge in [0.15, 0.2) is 0 Å². The smallest absolute Gasteiger partial charge is 0.108 e. The summed E-state index contributed by atoms with van der Waals surface area (Å²) in [7, 11) is 1.70. The van der Waals surface area contributed by atoms with E-state index in [0.29, 0.717) is 13.0 Å². The van der Waals surface area contributed by atoms with Crippen LogP contribution < -0.4 is 5.73 Å². The number of thiazole rings is 1. The van der Waals surface area contributed by atoms with Crippen LogP contribution in [0.2, 0.25) is 0 Å². The highest BCUT2D eigenvalue weighted by Gasteiger charge is 2.10. The summed E-state index contributed by atoms with van der Waals surface area (Å²) in [5.74, 6) is 0.219. The molecule has 0 saturated carbocycles. The highest BCUT2D eigenvalue weighted by Crippen LogP contribution is 2.22. The normalized spacial score (nSPS) is 11.3. The average Bonchev–Trinajstić information content (AvgIpc) is 2.83. The fraction of sp³-hybridized carbons (Fsp3) is 0.429. The predicted molar refractivity (Wildman–Crippen MR) is 83.3 cm³/mol. The van der Waals surface area contributed by atoms with Gasteiger partial charge in [-0.15, -0.1) is 11.3 Å². The van der Waals surface area contributed by atoms with Gasteiger partial charge in [0, 0.05) is 26.6 Å². The zero-order chi connectivity index (χ0) is 14.4. The number of para-hydroxylation sites is 1. The number of rotatable bonds is 8. The summed E-state index contributed by atoms with van der Waals surface area (Å²) in [5.41, 5.74) is 6.48. The van der Waals surface area contributed by atoms with Gasteiger partial charge in [-0.2, -0.15) is 0 Å². The third-order valence-electron chi connectivity index (χ3n) is 3.01. The van der Waals surface area contributed by atoms with E-state index in [-0.39, 0.29) is 5.84 Å². The largest absolute Gasteiger partial charge is 0.388 e. The van der Waals surface area contributed by atoms with Crippen LogP contribution in [0.4, 0.5) is 0 Å². The second kappa shape index (κ2) is 7.33. The van der Waals surface area contributed by atoms with E-state index in [9.17, 15) is 0 Å². The van der Waals surface area contributed by atoms with Crippen LogP contribution in [0, 0.1) is 5.41 Å². The molecule has 0 unspecified atom stereocenters. The maximum Gasteiger partial charge on any atom is 0.108 e. The molecule has 0 atom stereocenters. The van der Waals surface area contributed by atoms with E-state index in [1.165, 1.54) is 4.70 Å². The summed E-state index contributed by atoms with van der Waals surface area (Å²) >= 11 is 1.71. The molecule has 20 heavy (non-hydrogen) atoms. The molecule has 0 aliphatic carbocycles. The molecule has 6 heteroatoms. The minimum atomic E-state index is 0.219. The first-order valence-electron chi connectivity index (χ1n) is 6.57. The molecule has 0 fully saturated rings. The Balaban J connectivity index is 2.03. The Hall–Kier alpha value is -1.50. The van der Waals surface area contributed by atoms with Gasteiger partial charge < -0.3 is 10.5 Å². The fourth-order valence-corrected chi connectivity index (χ4v) is 2.96. The third-order valence-corrected chi connectivity index (χ3v) is 4.03. The molecule has 0 aliphatic heterocycles. The van der Waals surface area contributed by atoms with Crippen molar-refractivity contribution in [1.29, 1.82) is 5.41 Å². The molecule has 1 aromatic heterocycles. The zero-order valence-electron chi connectivity index (χ0n) is 11.6. The maximum atomic E-state index is 7.34. The lowest BCUT2D eigenvalue weighted by atomic mass is 10.3. The number of amidine groups is 1. The van der Waals surface area contributed by atoms with Crippen molar-refractivity contribution in [3.63, 3.8) is 0 Å². The molecule has 0 saturated heterocycles. The molecule has 3 N–H and O–H groups in total. The topological polar surface area (TPSA) is 75.2 Å². The number of hydrogen-bond acceptors (Lipinski definition) is 5. The van der Waals surface area contributed by atoms with Gasteiger partial charge in [-0.25, -0.2) is 4.98 Å². The predicted octanol–water partition coefficient (Wildman–Crippen LogP) is 2.07. The van der Waals surface area contributed by atoms with Gasteiger partial charge in [0.25, 0.3) is 0 Å². The van der Waals surface area contributed by atoms with Crippen molar-refractivity contribution in [3.8, 4) is 0 Å². The van der Waals surface area contributed by atoms with E-state index in [2.05, 4.69) is 16.0 Å². The van der Waals surface area contributed by atoms with Crippen molar-refractivity contribution >= 4 is 27.4 Å². The summed E-state index contributed by atoms with van der Waals surface area (Å²) in [6.45, 7) is 3.02. The molecular formula is C14H20N4OS. The number of fused-ring (bicyclic) bond motifs is 1. The summed E-state index contributed by atoms with van der Waals surface area (Å²) in [4.78, 5) is 6.86. The Morgan fingerprint density at radius 2 is 2.20 bits per heavy atom. The molecule has 5 nitrogen and oxygen atoms in total. The second-order valence-electron chi connectivity index (χ2n) is 4.62. The second-order valence-corrected chi connectivity index (χ2v) is 5.73. The number of benzene rings is 1. The Kier molecular flexibility index (Phi) is 5.46. The van der Waals surface area contributed by atoms with Crippen LogP contribution in [0.15, 0.2) is 24.3 Å². The van der Waals surface area contributed by atoms with Crippen LogP contribution in [0.25, 0.3) is 10.2 Å². The van der Waals surface area contributed by atoms with Crippen LogP contribution in [-0.4, -0.2) is 42.5 Å². The van der Waals surface area contributed by atoms with Crippen LogP contribution in [0.1, 0.15) is 11.4 Å². The van der Waals surface area contributed by atoms with Gasteiger partial charge in [0.1, 0.15) is 5.01 Å². The quantitative estimate of drug-likeness (QED) is 0.577. The average molecular weight is 292 g/mol. The van der Waals surface area contributed by atoms with E-state index in [1.54, 1.807) is 18.4 Å². The number of hydrogen-bond donors (Lipinski definition) is 2. The standard InChI is InChI=1S/C14H20N4OS/c1-19-9-8-18(7-6-13(15)16)10-14-17-11-4-2-3-5-12(11)20-14/h2-5H,6-10H2,1H3,(H3,15,16). The number of nitrogens with one attached hydrogen (secondary N) is 1. The maximum absolute atomic E-state index is 7.34. The summed E-state index contributed by atoms with van der Waals surface area (Å²) < 4.78 is 6.34. The third kappa shape index (κ3) is 4.26. The minimum absolute atomic E-state index is 0.219. The monoisotopic (exact) mass is 292 g/mol. The lowest BCUT2D eigenvalue weighted by Gasteiger charge is -2.20. The van der Waals surface area contributed by atoms with E-state index in [0.717, 1.165) is 30.2 Å². The van der Waals surface area contributed by atoms with Gasteiger partial charge in [-0.1, -0.05) is 12.1 Å². The fourth-order valence-electron chi connectivity index (χ4n) is 1.95. The van der Waals surface area contributed by atoms with Crippen molar-refractivity contribution in [2.24, 2.45) is 5.73 Å². The van der Waals surface area contributed by atoms with Gasteiger partial charge in [-0.3, -0.25) is 10.3 Å². The number of aromatic nitrogens is 1. The Bertz CT molecular complexity index is 536. The van der Waals surface area contributed by atoms with Crippen LogP contribution in [-0.2, 0) is 11.3 Å². The summed E-state index contributed by atoms with van der Waals surface area (Å²) in [5, 5.41) is 8.43. The highest BCUT2D eigenvalue weighted by atomic mass is 32.1. The lowest BCUT2D eigenvalue weighted by molar-refractivity contribution is 0.145. The van der Waals surface area contributed by atoms with E-state index < -0.39 is 0 Å². The molecule has 2 aromatic rings. The molecule has 0 bridgehead atoms. The molecule has 0 spiro atoms. The van der Waals surface area contributed by atoms with E-state index in [4.69, 9.17) is 15.9 Å². The van der Waals surface area contributed by atoms with E-state index in [1.807, 2.05) is 18.2 Å². The van der Waals surface area contributed by atoms with Crippen LogP contribution >= 0.6 is 11.3 Å². The molecule has 1 aromatic carbocycles. The van der Waals surface area contributed by atoms with Gasteiger partial charge in [0.2, 0.25) is 0 Å². The van der Waals surface area contributed by atoms with Crippen LogP contribution in [0.5, 0.6) is 0 Å². The summed E-state index contributed by atoms with van der Waals surface area (Å²) in [6, 6.07) is 8.16. The van der Waals surface area contributed by atoms with Crippen molar-refractivity contribution < 1.29 is 4.74 Å². The van der Waals surface area contributed by atoms with Crippen molar-refractivity contribution in [3.05, 3.63) is 29.3 Å². The van der Waals surface area contributed by atoms with Gasteiger partial charge in [-0.05, 0) is 12.1 Å². The SMILES string of the molecule is COCCN(CCC(=N)N)Cc1nc2ccccc2s1. The molecule has 108 valence electrons. The Labute approximate surface area is 122 Å². The first-order chi connectivity index (χ1) is 9.69. The molecule has 0 radical (unpaired) electrons. The number of nitrogens with zero attached hydrogens (tertiary/aromatic N) is 2. The molecule has 0 aliphatic rings. The number of nitrogens with two attached hydrogens (primary N) is 1. The lowest BCUT2D eigenvalue weighted by Crippen LogP contribution is -2.30. The number of methoxy groups -OCH3 is 1. The highest BCUT2D eigenvalue weighted by molar-refractivity contribution is 7.18. The molecule has 0 amide bonds. The van der Waals surface area contributed by atoms with Crippen LogP contribution in [0.3, 0.4) is 0 Å². The Morgan fingerprint density at radius 3 is 2.90 bits per heavy atom. The minimum Gasteiger partial charge on any atom is -0.388 e. The van der Waals surface area contributed by atoms with Gasteiger partial charge >= 0.3 is 0 Å². The summed E-state index contributed by atoms with van der Waals surface area (Å²) in [6.07, 6.45) is 0.578. The van der Waals surface area contributed by atoms with Gasteiger partial charge in [0.05, 0.1) is 29.2 Å². The number of ether oxygens (including phenoxy) is 1. The first-order valence-corrected chi connectivity index (χ1v) is 7.39. The molecule has 1 heterocycles. The van der Waals surface area contributed by atoms with E-state index >= 15 is 0 Å². The first kappa shape index (κ1) is 14.9. The Morgan fingerprint density at radius 1 is 1.40 bits per heavy atom. The zero-order valence-corrected chi connectivity index (χ0v) is 12.4. The van der Waals surface area contributed by atoms with Crippen molar-refractivity contribution in [1.82, 2.24) is 9.88 Å². The van der Waals surface area contributed by atoms with Crippen molar-refractivity contribution in [2.75, 3.05) is 26.8 Å².